The van der Waals surface area contributed by atoms with E-state index in [9.17, 15) is 14.9 Å². The van der Waals surface area contributed by atoms with Crippen molar-refractivity contribution in [1.82, 2.24) is 9.88 Å². The van der Waals surface area contributed by atoms with E-state index in [0.29, 0.717) is 19.5 Å². The van der Waals surface area contributed by atoms with Gasteiger partial charge in [0.1, 0.15) is 11.3 Å². The van der Waals surface area contributed by atoms with Crippen LogP contribution in [0.1, 0.15) is 36.0 Å². The summed E-state index contributed by atoms with van der Waals surface area (Å²) in [6, 6.07) is 1.25. The van der Waals surface area contributed by atoms with Gasteiger partial charge in [0.05, 0.1) is 10.5 Å². The van der Waals surface area contributed by atoms with Crippen LogP contribution >= 0.6 is 11.6 Å². The van der Waals surface area contributed by atoms with Gasteiger partial charge in [-0.3, -0.25) is 14.9 Å². The number of amides is 1. The Morgan fingerprint density at radius 2 is 2.33 bits per heavy atom. The zero-order valence-corrected chi connectivity index (χ0v) is 12.3. The van der Waals surface area contributed by atoms with Crippen LogP contribution in [0.15, 0.2) is 12.3 Å². The zero-order valence-electron chi connectivity index (χ0n) is 11.5. The van der Waals surface area contributed by atoms with E-state index in [-0.39, 0.29) is 28.4 Å². The van der Waals surface area contributed by atoms with Crippen molar-refractivity contribution in [2.75, 3.05) is 13.1 Å². The summed E-state index contributed by atoms with van der Waals surface area (Å²) >= 11 is 5.93. The number of hydrogen-bond donors (Lipinski definition) is 1. The molecule has 2 N–H and O–H groups in total. The first-order chi connectivity index (χ1) is 10.0. The number of nitrogens with zero attached hydrogens (tertiary/aromatic N) is 3. The predicted molar refractivity (Wildman–Crippen MR) is 78.2 cm³/mol. The summed E-state index contributed by atoms with van der Waals surface area (Å²) < 4.78 is 0. The molecule has 0 spiro atoms. The van der Waals surface area contributed by atoms with Crippen molar-refractivity contribution < 1.29 is 9.72 Å². The lowest BCUT2D eigenvalue weighted by molar-refractivity contribution is -0.385. The SMILES string of the molecule is NCCC1CCCCN1C(=O)c1cc([N+](=O)[O-])cnc1Cl. The molecule has 1 saturated heterocycles. The molecule has 1 amide bonds. The lowest BCUT2D eigenvalue weighted by Gasteiger charge is -2.35. The summed E-state index contributed by atoms with van der Waals surface area (Å²) in [4.78, 5) is 28.3. The van der Waals surface area contributed by atoms with E-state index < -0.39 is 4.92 Å². The Bertz CT molecular complexity index is 550. The Hall–Kier alpha value is -1.73. The Balaban J connectivity index is 2.29. The number of halogens is 1. The standard InChI is InChI=1S/C13H17ClN4O3/c14-12-11(7-10(8-16-12)18(20)21)13(19)17-6-2-1-3-9(17)4-5-15/h7-9H,1-6,15H2. The average molecular weight is 313 g/mol. The smallest absolute Gasteiger partial charge is 0.288 e. The molecule has 1 aliphatic heterocycles. The van der Waals surface area contributed by atoms with Gasteiger partial charge >= 0.3 is 0 Å². The van der Waals surface area contributed by atoms with Gasteiger partial charge in [0.25, 0.3) is 11.6 Å². The van der Waals surface area contributed by atoms with Crippen LogP contribution in [-0.2, 0) is 0 Å². The Morgan fingerprint density at radius 1 is 1.57 bits per heavy atom. The Morgan fingerprint density at radius 3 is 3.00 bits per heavy atom. The topological polar surface area (TPSA) is 102 Å². The van der Waals surface area contributed by atoms with Crippen LogP contribution < -0.4 is 5.73 Å². The lowest BCUT2D eigenvalue weighted by atomic mass is 9.98. The molecule has 21 heavy (non-hydrogen) atoms. The number of carbonyl (C=O) groups excluding carboxylic acids is 1. The lowest BCUT2D eigenvalue weighted by Crippen LogP contribution is -2.44. The highest BCUT2D eigenvalue weighted by molar-refractivity contribution is 6.32. The minimum Gasteiger partial charge on any atom is -0.336 e. The molecule has 0 radical (unpaired) electrons. The van der Waals surface area contributed by atoms with Gasteiger partial charge in [-0.25, -0.2) is 4.98 Å². The number of piperidine rings is 1. The molecule has 1 aliphatic rings. The summed E-state index contributed by atoms with van der Waals surface area (Å²) in [5, 5.41) is 10.8. The number of pyridine rings is 1. The number of rotatable bonds is 4. The van der Waals surface area contributed by atoms with E-state index >= 15 is 0 Å². The van der Waals surface area contributed by atoms with Gasteiger partial charge in [-0.05, 0) is 32.2 Å². The van der Waals surface area contributed by atoms with Gasteiger partial charge in [-0.1, -0.05) is 11.6 Å². The van der Waals surface area contributed by atoms with Crippen LogP contribution in [0, 0.1) is 10.1 Å². The van der Waals surface area contributed by atoms with E-state index in [0.717, 1.165) is 25.5 Å². The molecule has 1 aromatic rings. The zero-order chi connectivity index (χ0) is 15.4. The first kappa shape index (κ1) is 15.7. The molecular weight excluding hydrogens is 296 g/mol. The Kier molecular flexibility index (Phi) is 5.08. The number of nitrogens with two attached hydrogens (primary N) is 1. The fourth-order valence-electron chi connectivity index (χ4n) is 2.60. The molecule has 1 atom stereocenters. The van der Waals surface area contributed by atoms with Gasteiger partial charge in [-0.2, -0.15) is 0 Å². The highest BCUT2D eigenvalue weighted by atomic mass is 35.5. The van der Waals surface area contributed by atoms with E-state index in [2.05, 4.69) is 4.98 Å². The fourth-order valence-corrected chi connectivity index (χ4v) is 2.79. The highest BCUT2D eigenvalue weighted by Crippen LogP contribution is 2.25. The van der Waals surface area contributed by atoms with Crippen molar-refractivity contribution in [1.29, 1.82) is 0 Å². The summed E-state index contributed by atoms with van der Waals surface area (Å²) in [5.74, 6) is -0.311. The molecule has 2 heterocycles. The van der Waals surface area contributed by atoms with Crippen molar-refractivity contribution in [3.63, 3.8) is 0 Å². The van der Waals surface area contributed by atoms with Crippen molar-refractivity contribution >= 4 is 23.2 Å². The van der Waals surface area contributed by atoms with Crippen molar-refractivity contribution in [2.24, 2.45) is 5.73 Å². The van der Waals surface area contributed by atoms with Gasteiger partial charge in [0, 0.05) is 18.7 Å². The highest BCUT2D eigenvalue weighted by Gasteiger charge is 2.29. The average Bonchev–Trinajstić information content (AvgIpc) is 2.47. The largest absolute Gasteiger partial charge is 0.336 e. The van der Waals surface area contributed by atoms with E-state index in [1.165, 1.54) is 6.07 Å². The summed E-state index contributed by atoms with van der Waals surface area (Å²) in [6.45, 7) is 1.11. The molecule has 1 unspecified atom stereocenters. The van der Waals surface area contributed by atoms with Gasteiger partial charge in [-0.15, -0.1) is 0 Å². The van der Waals surface area contributed by atoms with Crippen LogP contribution in [0.4, 0.5) is 5.69 Å². The molecule has 0 saturated carbocycles. The summed E-state index contributed by atoms with van der Waals surface area (Å²) in [5.41, 5.74) is 5.43. The number of likely N-dealkylation sites (tertiary alicyclic amines) is 1. The number of hydrogen-bond acceptors (Lipinski definition) is 5. The molecule has 0 bridgehead atoms. The van der Waals surface area contributed by atoms with Crippen molar-refractivity contribution in [3.8, 4) is 0 Å². The summed E-state index contributed by atoms with van der Waals surface area (Å²) in [7, 11) is 0. The van der Waals surface area contributed by atoms with Crippen LogP contribution in [0.3, 0.4) is 0 Å². The maximum atomic E-state index is 12.6. The minimum atomic E-state index is -0.590. The molecule has 114 valence electrons. The van der Waals surface area contributed by atoms with Gasteiger partial charge in [0.2, 0.25) is 0 Å². The second kappa shape index (κ2) is 6.82. The molecule has 0 aromatic carbocycles. The number of aromatic nitrogens is 1. The van der Waals surface area contributed by atoms with Crippen LogP contribution in [-0.4, -0.2) is 39.8 Å². The molecular formula is C13H17ClN4O3. The fraction of sp³-hybridized carbons (Fsp3) is 0.538. The third kappa shape index (κ3) is 3.48. The number of carbonyl (C=O) groups is 1. The second-order valence-electron chi connectivity index (χ2n) is 5.01. The summed E-state index contributed by atoms with van der Waals surface area (Å²) in [6.07, 6.45) is 4.61. The Labute approximate surface area is 127 Å². The first-order valence-corrected chi connectivity index (χ1v) is 7.23. The third-order valence-electron chi connectivity index (χ3n) is 3.65. The minimum absolute atomic E-state index is 0.0114. The third-order valence-corrected chi connectivity index (χ3v) is 3.95. The molecule has 1 fully saturated rings. The van der Waals surface area contributed by atoms with Crippen LogP contribution in [0.5, 0.6) is 0 Å². The van der Waals surface area contributed by atoms with Crippen molar-refractivity contribution in [2.45, 2.75) is 31.7 Å². The maximum Gasteiger partial charge on any atom is 0.288 e. The van der Waals surface area contributed by atoms with Gasteiger partial charge in [0.15, 0.2) is 0 Å². The van der Waals surface area contributed by atoms with E-state index in [4.69, 9.17) is 17.3 Å². The molecule has 1 aromatic heterocycles. The first-order valence-electron chi connectivity index (χ1n) is 6.85. The van der Waals surface area contributed by atoms with E-state index in [1.807, 2.05) is 0 Å². The second-order valence-corrected chi connectivity index (χ2v) is 5.37. The monoisotopic (exact) mass is 312 g/mol. The van der Waals surface area contributed by atoms with E-state index in [1.54, 1.807) is 4.90 Å². The quantitative estimate of drug-likeness (QED) is 0.520. The normalized spacial score (nSPS) is 18.6. The predicted octanol–water partition coefficient (Wildman–Crippen LogP) is 1.99. The number of nitro groups is 1. The molecule has 0 aliphatic carbocycles. The van der Waals surface area contributed by atoms with Crippen LogP contribution in [0.2, 0.25) is 5.15 Å². The molecule has 7 nitrogen and oxygen atoms in total. The van der Waals surface area contributed by atoms with Crippen LogP contribution in [0.25, 0.3) is 0 Å². The van der Waals surface area contributed by atoms with Crippen molar-refractivity contribution in [3.05, 3.63) is 33.1 Å². The molecule has 8 heteroatoms. The van der Waals surface area contributed by atoms with Gasteiger partial charge < -0.3 is 10.6 Å². The maximum absolute atomic E-state index is 12.6. The molecule has 2 rings (SSSR count).